The lowest BCUT2D eigenvalue weighted by Gasteiger charge is -2.38. The predicted octanol–water partition coefficient (Wildman–Crippen LogP) is 2.65. The smallest absolute Gasteiger partial charge is 0.139 e. The summed E-state index contributed by atoms with van der Waals surface area (Å²) in [5.41, 5.74) is 7.91. The van der Waals surface area contributed by atoms with Crippen LogP contribution in [0.25, 0.3) is 0 Å². The van der Waals surface area contributed by atoms with Gasteiger partial charge in [0, 0.05) is 18.8 Å². The molecule has 2 rings (SSSR count). The van der Waals surface area contributed by atoms with Crippen molar-refractivity contribution in [3.8, 4) is 0 Å². The van der Waals surface area contributed by atoms with Crippen LogP contribution >= 0.6 is 12.2 Å². The van der Waals surface area contributed by atoms with E-state index in [1.807, 2.05) is 19.2 Å². The number of thiocarbonyl (C=S) groups is 1. The molecular weight excluding hydrogens is 242 g/mol. The average molecular weight is 263 g/mol. The molecule has 0 aliphatic carbocycles. The van der Waals surface area contributed by atoms with Crippen molar-refractivity contribution >= 4 is 23.0 Å². The zero-order valence-electron chi connectivity index (χ0n) is 11.3. The van der Waals surface area contributed by atoms with Crippen molar-refractivity contribution < 1.29 is 0 Å². The average Bonchev–Trinajstić information content (AvgIpc) is 2.28. The van der Waals surface area contributed by atoms with Crippen LogP contribution in [0, 0.1) is 12.8 Å². The molecule has 18 heavy (non-hydrogen) atoms. The molecule has 3 nitrogen and oxygen atoms in total. The number of anilines is 1. The molecule has 0 amide bonds. The number of hydrogen-bond acceptors (Lipinski definition) is 3. The van der Waals surface area contributed by atoms with E-state index < -0.39 is 0 Å². The molecule has 98 valence electrons. The van der Waals surface area contributed by atoms with Crippen molar-refractivity contribution in [3.63, 3.8) is 0 Å². The second-order valence-corrected chi connectivity index (χ2v) is 5.80. The monoisotopic (exact) mass is 263 g/mol. The molecule has 1 saturated heterocycles. The van der Waals surface area contributed by atoms with Crippen LogP contribution in [-0.4, -0.2) is 22.6 Å². The van der Waals surface area contributed by atoms with Gasteiger partial charge in [-0.05, 0) is 44.2 Å². The summed E-state index contributed by atoms with van der Waals surface area (Å²) in [5, 5.41) is 0. The fourth-order valence-corrected chi connectivity index (χ4v) is 3.04. The van der Waals surface area contributed by atoms with Crippen LogP contribution in [0.4, 0.5) is 5.82 Å². The Morgan fingerprint density at radius 2 is 2.22 bits per heavy atom. The Balaban J connectivity index is 2.39. The van der Waals surface area contributed by atoms with Gasteiger partial charge in [-0.2, -0.15) is 0 Å². The molecule has 2 heterocycles. The van der Waals surface area contributed by atoms with E-state index in [1.54, 1.807) is 0 Å². The molecule has 0 aromatic carbocycles. The normalized spacial score (nSPS) is 24.1. The lowest BCUT2D eigenvalue weighted by atomic mass is 9.93. The highest BCUT2D eigenvalue weighted by atomic mass is 32.1. The molecule has 0 spiro atoms. The SMILES string of the molecule is Cc1ccnc(N2CCC(C)CC2C)c1C(N)=S. The van der Waals surface area contributed by atoms with Gasteiger partial charge in [0.15, 0.2) is 0 Å². The Bertz CT molecular complexity index is 458. The van der Waals surface area contributed by atoms with Gasteiger partial charge in [-0.15, -0.1) is 0 Å². The summed E-state index contributed by atoms with van der Waals surface area (Å²) in [5.74, 6) is 1.75. The van der Waals surface area contributed by atoms with E-state index in [0.29, 0.717) is 11.0 Å². The van der Waals surface area contributed by atoms with E-state index in [2.05, 4.69) is 23.7 Å². The maximum absolute atomic E-state index is 5.86. The van der Waals surface area contributed by atoms with Crippen molar-refractivity contribution in [3.05, 3.63) is 23.4 Å². The fraction of sp³-hybridized carbons (Fsp3) is 0.571. The molecule has 4 heteroatoms. The van der Waals surface area contributed by atoms with Gasteiger partial charge in [0.2, 0.25) is 0 Å². The molecule has 2 atom stereocenters. The summed E-state index contributed by atoms with van der Waals surface area (Å²) < 4.78 is 0. The van der Waals surface area contributed by atoms with Gasteiger partial charge in [0.05, 0.1) is 5.56 Å². The number of aromatic nitrogens is 1. The quantitative estimate of drug-likeness (QED) is 0.833. The molecule has 1 aliphatic rings. The Hall–Kier alpha value is -1.16. The third-order valence-corrected chi connectivity index (χ3v) is 4.00. The lowest BCUT2D eigenvalue weighted by Crippen LogP contribution is -2.42. The molecule has 1 aromatic rings. The number of rotatable bonds is 2. The van der Waals surface area contributed by atoms with Gasteiger partial charge in [0.25, 0.3) is 0 Å². The van der Waals surface area contributed by atoms with Crippen molar-refractivity contribution in [2.75, 3.05) is 11.4 Å². The first kappa shape index (κ1) is 13.3. The van der Waals surface area contributed by atoms with Crippen molar-refractivity contribution in [2.24, 2.45) is 11.7 Å². The van der Waals surface area contributed by atoms with E-state index in [-0.39, 0.29) is 0 Å². The van der Waals surface area contributed by atoms with Gasteiger partial charge in [-0.25, -0.2) is 4.98 Å². The molecule has 0 radical (unpaired) electrons. The van der Waals surface area contributed by atoms with E-state index >= 15 is 0 Å². The Labute approximate surface area is 114 Å². The van der Waals surface area contributed by atoms with Crippen LogP contribution in [-0.2, 0) is 0 Å². The molecule has 2 unspecified atom stereocenters. The summed E-state index contributed by atoms with van der Waals surface area (Å²) in [7, 11) is 0. The number of nitrogens with zero attached hydrogens (tertiary/aromatic N) is 2. The minimum absolute atomic E-state index is 0.446. The maximum atomic E-state index is 5.86. The molecule has 1 aromatic heterocycles. The minimum Gasteiger partial charge on any atom is -0.389 e. The summed E-state index contributed by atoms with van der Waals surface area (Å²) in [6.45, 7) is 7.64. The van der Waals surface area contributed by atoms with E-state index in [1.165, 1.54) is 12.8 Å². The van der Waals surface area contributed by atoms with Crippen LogP contribution in [0.1, 0.15) is 37.8 Å². The maximum Gasteiger partial charge on any atom is 0.139 e. The summed E-state index contributed by atoms with van der Waals surface area (Å²) >= 11 is 5.18. The van der Waals surface area contributed by atoms with E-state index in [9.17, 15) is 0 Å². The zero-order chi connectivity index (χ0) is 13.3. The third kappa shape index (κ3) is 2.48. The predicted molar refractivity (Wildman–Crippen MR) is 80.1 cm³/mol. The van der Waals surface area contributed by atoms with Gasteiger partial charge >= 0.3 is 0 Å². The Morgan fingerprint density at radius 3 is 2.83 bits per heavy atom. The topological polar surface area (TPSA) is 42.2 Å². The molecule has 1 aliphatic heterocycles. The second-order valence-electron chi connectivity index (χ2n) is 5.36. The molecule has 0 bridgehead atoms. The summed E-state index contributed by atoms with van der Waals surface area (Å²) in [6, 6.07) is 2.46. The van der Waals surface area contributed by atoms with E-state index in [4.69, 9.17) is 18.0 Å². The number of piperidine rings is 1. The minimum atomic E-state index is 0.446. The van der Waals surface area contributed by atoms with Gasteiger partial charge in [-0.3, -0.25) is 0 Å². The molecule has 2 N–H and O–H groups in total. The summed E-state index contributed by atoms with van der Waals surface area (Å²) in [6.07, 6.45) is 4.25. The van der Waals surface area contributed by atoms with Crippen molar-refractivity contribution in [1.82, 2.24) is 4.98 Å². The van der Waals surface area contributed by atoms with Crippen LogP contribution in [0.3, 0.4) is 0 Å². The standard InChI is InChI=1S/C14H21N3S/c1-9-5-7-17(11(3)8-9)14-12(13(15)18)10(2)4-6-16-14/h4,6,9,11H,5,7-8H2,1-3H3,(H2,15,18). The first-order chi connectivity index (χ1) is 8.50. The van der Waals surface area contributed by atoms with Crippen LogP contribution in [0.5, 0.6) is 0 Å². The van der Waals surface area contributed by atoms with Crippen LogP contribution in [0.2, 0.25) is 0 Å². The number of pyridine rings is 1. The van der Waals surface area contributed by atoms with E-state index in [0.717, 1.165) is 29.4 Å². The highest BCUT2D eigenvalue weighted by Crippen LogP contribution is 2.29. The second kappa shape index (κ2) is 5.22. The number of nitrogens with two attached hydrogens (primary N) is 1. The van der Waals surface area contributed by atoms with Crippen LogP contribution < -0.4 is 10.6 Å². The number of hydrogen-bond donors (Lipinski definition) is 1. The Kier molecular flexibility index (Phi) is 3.85. The highest BCUT2D eigenvalue weighted by molar-refractivity contribution is 7.80. The van der Waals surface area contributed by atoms with Gasteiger partial charge in [0.1, 0.15) is 10.8 Å². The van der Waals surface area contributed by atoms with Crippen molar-refractivity contribution in [2.45, 2.75) is 39.7 Å². The largest absolute Gasteiger partial charge is 0.389 e. The Morgan fingerprint density at radius 1 is 1.50 bits per heavy atom. The lowest BCUT2D eigenvalue weighted by molar-refractivity contribution is 0.376. The molecular formula is C14H21N3S. The van der Waals surface area contributed by atoms with Gasteiger partial charge in [-0.1, -0.05) is 19.1 Å². The number of aryl methyl sites for hydroxylation is 1. The first-order valence-corrected chi connectivity index (χ1v) is 6.93. The van der Waals surface area contributed by atoms with Crippen LogP contribution in [0.15, 0.2) is 12.3 Å². The third-order valence-electron chi connectivity index (χ3n) is 3.80. The first-order valence-electron chi connectivity index (χ1n) is 6.52. The van der Waals surface area contributed by atoms with Gasteiger partial charge < -0.3 is 10.6 Å². The zero-order valence-corrected chi connectivity index (χ0v) is 12.1. The highest BCUT2D eigenvalue weighted by Gasteiger charge is 2.26. The molecule has 0 saturated carbocycles. The fourth-order valence-electron chi connectivity index (χ4n) is 2.79. The summed E-state index contributed by atoms with van der Waals surface area (Å²) in [4.78, 5) is 7.31. The molecule has 1 fully saturated rings. The van der Waals surface area contributed by atoms with Crippen molar-refractivity contribution in [1.29, 1.82) is 0 Å².